The van der Waals surface area contributed by atoms with Gasteiger partial charge in [-0.15, -0.1) is 0 Å². The molecule has 8 heteroatoms. The zero-order valence-electron chi connectivity index (χ0n) is 21.9. The number of thioether (sulfide) groups is 1. The van der Waals surface area contributed by atoms with Gasteiger partial charge in [0, 0.05) is 54.1 Å². The average Bonchev–Trinajstić information content (AvgIpc) is 2.94. The van der Waals surface area contributed by atoms with Crippen molar-refractivity contribution in [3.63, 3.8) is 0 Å². The van der Waals surface area contributed by atoms with Crippen LogP contribution in [-0.4, -0.2) is 32.0 Å². The van der Waals surface area contributed by atoms with Crippen LogP contribution in [0, 0.1) is 6.92 Å². The van der Waals surface area contributed by atoms with Crippen molar-refractivity contribution >= 4 is 17.7 Å². The van der Waals surface area contributed by atoms with Crippen molar-refractivity contribution in [2.75, 3.05) is 6.54 Å². The van der Waals surface area contributed by atoms with E-state index in [9.17, 15) is 9.59 Å². The van der Waals surface area contributed by atoms with E-state index in [4.69, 9.17) is 0 Å². The third-order valence-electron chi connectivity index (χ3n) is 6.18. The number of amides is 1. The van der Waals surface area contributed by atoms with E-state index >= 15 is 0 Å². The molecule has 196 valence electrons. The quantitative estimate of drug-likeness (QED) is 0.148. The van der Waals surface area contributed by atoms with Crippen LogP contribution in [0.25, 0.3) is 5.69 Å². The van der Waals surface area contributed by atoms with Crippen molar-refractivity contribution in [3.05, 3.63) is 112 Å². The molecule has 0 fully saturated rings. The van der Waals surface area contributed by atoms with Crippen LogP contribution in [0.1, 0.15) is 65.2 Å². The van der Waals surface area contributed by atoms with Gasteiger partial charge >= 0.3 is 0 Å². The molecule has 0 spiro atoms. The topological polar surface area (TPSA) is 89.8 Å². The lowest BCUT2D eigenvalue weighted by molar-refractivity contribution is 0.0953. The Morgan fingerprint density at radius 3 is 2.39 bits per heavy atom. The number of carbonyl (C=O) groups excluding carboxylic acids is 1. The Morgan fingerprint density at radius 1 is 0.947 bits per heavy atom. The summed E-state index contributed by atoms with van der Waals surface area (Å²) in [5.41, 5.74) is 4.90. The van der Waals surface area contributed by atoms with E-state index in [1.807, 2.05) is 35.0 Å². The number of benzene rings is 2. The lowest BCUT2D eigenvalue weighted by Gasteiger charge is -2.15. The van der Waals surface area contributed by atoms with E-state index in [1.165, 1.54) is 36.5 Å². The highest BCUT2D eigenvalue weighted by atomic mass is 32.2. The summed E-state index contributed by atoms with van der Waals surface area (Å²) < 4.78 is 1.92. The summed E-state index contributed by atoms with van der Waals surface area (Å²) in [6.45, 7) is 4.91. The van der Waals surface area contributed by atoms with Crippen molar-refractivity contribution in [1.29, 1.82) is 0 Å². The second-order valence-corrected chi connectivity index (χ2v) is 10.2. The smallest absolute Gasteiger partial charge is 0.277 e. The molecule has 2 heterocycles. The van der Waals surface area contributed by atoms with E-state index in [1.54, 1.807) is 12.4 Å². The van der Waals surface area contributed by atoms with Crippen LogP contribution in [0.3, 0.4) is 0 Å². The molecule has 0 atom stereocenters. The molecule has 1 amide bonds. The number of hydrogen-bond donors (Lipinski definition) is 1. The summed E-state index contributed by atoms with van der Waals surface area (Å²) in [5, 5.41) is 3.59. The highest BCUT2D eigenvalue weighted by molar-refractivity contribution is 7.98. The second kappa shape index (κ2) is 13.7. The number of carbonyl (C=O) groups is 1. The van der Waals surface area contributed by atoms with Crippen molar-refractivity contribution in [2.45, 2.75) is 56.9 Å². The first-order valence-corrected chi connectivity index (χ1v) is 14.0. The standard InChI is InChI=1S/C30H33N5O2S/c1-3-4-5-6-15-33-28(36)25-11-13-27(14-12-25)35-19-26(16-24-17-31-21-32-18-24)29(37)34-30(35)38-20-23-9-7-22(2)8-10-23/h7-14,17-19,21H,3-6,15-16,20H2,1-2H3,(H,33,36). The SMILES string of the molecule is CCCCCCNC(=O)c1ccc(-n2cc(Cc3cncnc3)c(=O)nc2SCc2ccc(C)cc2)cc1. The largest absolute Gasteiger partial charge is 0.352 e. The summed E-state index contributed by atoms with van der Waals surface area (Å²) >= 11 is 1.51. The minimum absolute atomic E-state index is 0.0789. The molecule has 0 aliphatic heterocycles. The van der Waals surface area contributed by atoms with Gasteiger partial charge in [-0.2, -0.15) is 4.98 Å². The summed E-state index contributed by atoms with van der Waals surface area (Å²) in [7, 11) is 0. The maximum absolute atomic E-state index is 13.0. The van der Waals surface area contributed by atoms with Crippen molar-refractivity contribution < 1.29 is 4.79 Å². The molecule has 0 aliphatic rings. The summed E-state index contributed by atoms with van der Waals surface area (Å²) in [6.07, 6.45) is 11.5. The summed E-state index contributed by atoms with van der Waals surface area (Å²) in [5.74, 6) is 0.599. The molecule has 7 nitrogen and oxygen atoms in total. The predicted molar refractivity (Wildman–Crippen MR) is 152 cm³/mol. The molecule has 0 bridgehead atoms. The maximum atomic E-state index is 13.0. The van der Waals surface area contributed by atoms with Crippen molar-refractivity contribution in [2.24, 2.45) is 0 Å². The first-order valence-electron chi connectivity index (χ1n) is 13.0. The molecule has 2 aromatic carbocycles. The van der Waals surface area contributed by atoms with Gasteiger partial charge in [0.25, 0.3) is 11.5 Å². The highest BCUT2D eigenvalue weighted by Crippen LogP contribution is 2.24. The minimum atomic E-state index is -0.268. The van der Waals surface area contributed by atoms with Crippen LogP contribution in [0.15, 0.2) is 83.4 Å². The van der Waals surface area contributed by atoms with Gasteiger partial charge in [0.15, 0.2) is 5.16 Å². The molecule has 0 saturated carbocycles. The number of rotatable bonds is 12. The molecule has 0 radical (unpaired) electrons. The van der Waals surface area contributed by atoms with Crippen LogP contribution in [0.4, 0.5) is 0 Å². The molecule has 4 rings (SSSR count). The molecule has 0 unspecified atom stereocenters. The predicted octanol–water partition coefficient (Wildman–Crippen LogP) is 5.52. The third kappa shape index (κ3) is 7.61. The van der Waals surface area contributed by atoms with Gasteiger partial charge in [-0.3, -0.25) is 14.2 Å². The average molecular weight is 528 g/mol. The van der Waals surface area contributed by atoms with Gasteiger partial charge < -0.3 is 5.32 Å². The first-order chi connectivity index (χ1) is 18.5. The summed E-state index contributed by atoms with van der Waals surface area (Å²) in [6, 6.07) is 15.7. The van der Waals surface area contributed by atoms with E-state index < -0.39 is 0 Å². The Hall–Kier alpha value is -3.78. The van der Waals surface area contributed by atoms with Crippen LogP contribution >= 0.6 is 11.8 Å². The zero-order valence-corrected chi connectivity index (χ0v) is 22.7. The van der Waals surface area contributed by atoms with Gasteiger partial charge in [-0.25, -0.2) is 9.97 Å². The lowest BCUT2D eigenvalue weighted by atomic mass is 10.1. The molecule has 1 N–H and O–H groups in total. The number of unbranched alkanes of at least 4 members (excludes halogenated alkanes) is 3. The number of aromatic nitrogens is 4. The van der Waals surface area contributed by atoms with Crippen LogP contribution in [0.5, 0.6) is 0 Å². The van der Waals surface area contributed by atoms with Gasteiger partial charge in [-0.05, 0) is 48.7 Å². The molecular weight excluding hydrogens is 494 g/mol. The molecular formula is C30H33N5O2S. The van der Waals surface area contributed by atoms with Crippen LogP contribution in [-0.2, 0) is 12.2 Å². The van der Waals surface area contributed by atoms with Gasteiger partial charge in [-0.1, -0.05) is 67.8 Å². The zero-order chi connectivity index (χ0) is 26.7. The summed E-state index contributed by atoms with van der Waals surface area (Å²) in [4.78, 5) is 38.1. The van der Waals surface area contributed by atoms with Crippen LogP contribution < -0.4 is 10.9 Å². The minimum Gasteiger partial charge on any atom is -0.352 e. The van der Waals surface area contributed by atoms with E-state index in [2.05, 4.69) is 58.4 Å². The fourth-order valence-corrected chi connectivity index (χ4v) is 4.92. The lowest BCUT2D eigenvalue weighted by Crippen LogP contribution is -2.24. The maximum Gasteiger partial charge on any atom is 0.277 e. The van der Waals surface area contributed by atoms with Crippen LogP contribution in [0.2, 0.25) is 0 Å². The van der Waals surface area contributed by atoms with Gasteiger partial charge in [0.05, 0.1) is 0 Å². The number of nitrogens with zero attached hydrogens (tertiary/aromatic N) is 4. The fourth-order valence-electron chi connectivity index (χ4n) is 3.99. The number of hydrogen-bond acceptors (Lipinski definition) is 6. The van der Waals surface area contributed by atoms with Crippen molar-refractivity contribution in [1.82, 2.24) is 24.8 Å². The Morgan fingerprint density at radius 2 is 1.68 bits per heavy atom. The normalized spacial score (nSPS) is 10.9. The Kier molecular flexibility index (Phi) is 9.81. The Balaban J connectivity index is 1.57. The molecule has 4 aromatic rings. The number of nitrogens with one attached hydrogen (secondary N) is 1. The van der Waals surface area contributed by atoms with Crippen molar-refractivity contribution in [3.8, 4) is 5.69 Å². The highest BCUT2D eigenvalue weighted by Gasteiger charge is 2.13. The Bertz CT molecular complexity index is 1390. The molecule has 0 aliphatic carbocycles. The Labute approximate surface area is 227 Å². The van der Waals surface area contributed by atoms with E-state index in [0.717, 1.165) is 29.7 Å². The molecule has 38 heavy (non-hydrogen) atoms. The molecule has 0 saturated heterocycles. The monoisotopic (exact) mass is 527 g/mol. The van der Waals surface area contributed by atoms with Gasteiger partial charge in [0.2, 0.25) is 0 Å². The number of aryl methyl sites for hydroxylation is 1. The third-order valence-corrected chi connectivity index (χ3v) is 7.21. The first kappa shape index (κ1) is 27.3. The van der Waals surface area contributed by atoms with Gasteiger partial charge in [0.1, 0.15) is 6.33 Å². The second-order valence-electron chi connectivity index (χ2n) is 9.29. The van der Waals surface area contributed by atoms with E-state index in [0.29, 0.717) is 35.0 Å². The van der Waals surface area contributed by atoms with E-state index in [-0.39, 0.29) is 11.5 Å². The molecule has 2 aromatic heterocycles. The fraction of sp³-hybridized carbons (Fsp3) is 0.300.